The normalized spacial score (nSPS) is 15.9. The van der Waals surface area contributed by atoms with Crippen molar-refractivity contribution in [1.29, 1.82) is 0 Å². The number of imide groups is 1. The van der Waals surface area contributed by atoms with Crippen LogP contribution in [-0.2, 0) is 16.0 Å². The van der Waals surface area contributed by atoms with Gasteiger partial charge in [0.15, 0.2) is 0 Å². The third-order valence-electron chi connectivity index (χ3n) is 3.85. The van der Waals surface area contributed by atoms with Crippen LogP contribution in [0.2, 0.25) is 0 Å². The van der Waals surface area contributed by atoms with Gasteiger partial charge in [-0.3, -0.25) is 9.59 Å². The molecule has 124 valence electrons. The van der Waals surface area contributed by atoms with Crippen molar-refractivity contribution in [2.24, 2.45) is 5.10 Å². The van der Waals surface area contributed by atoms with Crippen LogP contribution in [0.4, 0.5) is 0 Å². The lowest BCUT2D eigenvalue weighted by atomic mass is 10.1. The Balaban J connectivity index is 1.71. The highest BCUT2D eigenvalue weighted by Gasteiger charge is 2.31. The van der Waals surface area contributed by atoms with Crippen LogP contribution in [0.25, 0.3) is 6.08 Å². The van der Waals surface area contributed by atoms with E-state index in [-0.39, 0.29) is 18.2 Å². The number of rotatable bonds is 4. The summed E-state index contributed by atoms with van der Waals surface area (Å²) in [4.78, 5) is 24.8. The summed E-state index contributed by atoms with van der Waals surface area (Å²) in [5, 5.41) is 5.08. The first-order chi connectivity index (χ1) is 12.1. The van der Waals surface area contributed by atoms with E-state index in [2.05, 4.69) is 5.10 Å². The number of amides is 2. The third kappa shape index (κ3) is 3.98. The van der Waals surface area contributed by atoms with E-state index >= 15 is 0 Å². The molecule has 25 heavy (non-hydrogen) atoms. The van der Waals surface area contributed by atoms with E-state index in [1.54, 1.807) is 19.1 Å². The van der Waals surface area contributed by atoms with Gasteiger partial charge in [0.1, 0.15) is 0 Å². The van der Waals surface area contributed by atoms with E-state index in [9.17, 15) is 9.59 Å². The molecule has 2 amide bonds. The van der Waals surface area contributed by atoms with Gasteiger partial charge in [-0.1, -0.05) is 72.8 Å². The van der Waals surface area contributed by atoms with Crippen molar-refractivity contribution in [3.63, 3.8) is 0 Å². The van der Waals surface area contributed by atoms with E-state index in [0.29, 0.717) is 11.3 Å². The van der Waals surface area contributed by atoms with Gasteiger partial charge < -0.3 is 0 Å². The van der Waals surface area contributed by atoms with Crippen LogP contribution in [0, 0.1) is 0 Å². The molecular weight excluding hydrogens is 312 g/mol. The summed E-state index contributed by atoms with van der Waals surface area (Å²) in [5.41, 5.74) is 2.88. The summed E-state index contributed by atoms with van der Waals surface area (Å²) in [6.07, 6.45) is 5.55. The van der Waals surface area contributed by atoms with E-state index in [4.69, 9.17) is 0 Å². The number of carbonyl (C=O) groups excluding carboxylic acids is 2. The molecule has 0 radical (unpaired) electrons. The third-order valence-corrected chi connectivity index (χ3v) is 3.85. The van der Waals surface area contributed by atoms with E-state index in [1.165, 1.54) is 0 Å². The molecule has 0 atom stereocenters. The highest BCUT2D eigenvalue weighted by Crippen LogP contribution is 2.17. The second kappa shape index (κ2) is 7.53. The summed E-state index contributed by atoms with van der Waals surface area (Å²) >= 11 is 0. The van der Waals surface area contributed by atoms with Gasteiger partial charge in [0.05, 0.1) is 17.7 Å². The van der Waals surface area contributed by atoms with Crippen LogP contribution in [0.15, 0.2) is 83.5 Å². The lowest BCUT2D eigenvalue weighted by molar-refractivity contribution is -0.141. The Morgan fingerprint density at radius 3 is 2.36 bits per heavy atom. The zero-order chi connectivity index (χ0) is 17.6. The van der Waals surface area contributed by atoms with E-state index in [0.717, 1.165) is 16.1 Å². The first-order valence-electron chi connectivity index (χ1n) is 8.05. The fraction of sp³-hybridized carbons (Fsp3) is 0.0952. The van der Waals surface area contributed by atoms with Gasteiger partial charge in [0.2, 0.25) is 0 Å². The summed E-state index contributed by atoms with van der Waals surface area (Å²) in [6, 6.07) is 19.1. The molecule has 3 rings (SSSR count). The van der Waals surface area contributed by atoms with Gasteiger partial charge in [0.25, 0.3) is 11.8 Å². The Bertz CT molecular complexity index is 865. The molecule has 0 saturated carbocycles. The number of hydrazone groups is 1. The minimum absolute atomic E-state index is 0.149. The van der Waals surface area contributed by atoms with Gasteiger partial charge in [-0.25, -0.2) is 0 Å². The molecule has 1 aliphatic heterocycles. The molecule has 0 saturated heterocycles. The fourth-order valence-electron chi connectivity index (χ4n) is 2.54. The second-order valence-electron chi connectivity index (χ2n) is 5.71. The quantitative estimate of drug-likeness (QED) is 0.804. The van der Waals surface area contributed by atoms with Gasteiger partial charge >= 0.3 is 0 Å². The van der Waals surface area contributed by atoms with E-state index in [1.807, 2.05) is 66.7 Å². The number of carbonyl (C=O) groups is 2. The Morgan fingerprint density at radius 2 is 1.68 bits per heavy atom. The number of hydrogen-bond donors (Lipinski definition) is 0. The average molecular weight is 330 g/mol. The Hall–Kier alpha value is -3.27. The summed E-state index contributed by atoms with van der Waals surface area (Å²) < 4.78 is 0. The van der Waals surface area contributed by atoms with Crippen molar-refractivity contribution in [2.75, 3.05) is 0 Å². The van der Waals surface area contributed by atoms with Gasteiger partial charge in [0, 0.05) is 0 Å². The van der Waals surface area contributed by atoms with Crippen molar-refractivity contribution in [3.8, 4) is 0 Å². The molecule has 4 heteroatoms. The molecule has 1 heterocycles. The van der Waals surface area contributed by atoms with Crippen molar-refractivity contribution >= 4 is 23.6 Å². The molecule has 0 aromatic heterocycles. The highest BCUT2D eigenvalue weighted by molar-refractivity contribution is 6.27. The standard InChI is InChI=1S/C21H18N2O2/c1-16-19(14-8-13-17-9-4-2-5-10-17)21(25)23(22-16)20(24)15-18-11-6-3-7-12-18/h2-14H,15H2,1H3/b13-8?,19-14-. The van der Waals surface area contributed by atoms with Crippen LogP contribution in [0.5, 0.6) is 0 Å². The molecule has 2 aromatic carbocycles. The Kier molecular flexibility index (Phi) is 5.00. The minimum atomic E-state index is -0.379. The largest absolute Gasteiger partial charge is 0.283 e. The maximum absolute atomic E-state index is 12.5. The van der Waals surface area contributed by atoms with Crippen molar-refractivity contribution in [2.45, 2.75) is 13.3 Å². The first-order valence-corrected chi connectivity index (χ1v) is 8.05. The van der Waals surface area contributed by atoms with E-state index < -0.39 is 0 Å². The van der Waals surface area contributed by atoms with Crippen LogP contribution in [-0.4, -0.2) is 22.5 Å². The summed E-state index contributed by atoms with van der Waals surface area (Å²) in [6.45, 7) is 1.73. The monoisotopic (exact) mass is 330 g/mol. The molecule has 1 aliphatic rings. The predicted octanol–water partition coefficient (Wildman–Crippen LogP) is 3.61. The number of nitrogens with zero attached hydrogens (tertiary/aromatic N) is 2. The minimum Gasteiger partial charge on any atom is -0.272 e. The zero-order valence-corrected chi connectivity index (χ0v) is 13.9. The lowest BCUT2D eigenvalue weighted by Gasteiger charge is -2.09. The van der Waals surface area contributed by atoms with Gasteiger partial charge in [-0.15, -0.1) is 0 Å². The Labute approximate surface area is 146 Å². The fourth-order valence-corrected chi connectivity index (χ4v) is 2.54. The number of benzene rings is 2. The van der Waals surface area contributed by atoms with Crippen molar-refractivity contribution in [3.05, 3.63) is 89.5 Å². The summed E-state index contributed by atoms with van der Waals surface area (Å²) in [5.74, 6) is -0.706. The molecule has 2 aromatic rings. The molecule has 0 spiro atoms. The predicted molar refractivity (Wildman–Crippen MR) is 98.7 cm³/mol. The van der Waals surface area contributed by atoms with Crippen LogP contribution < -0.4 is 0 Å². The number of allylic oxidation sites excluding steroid dienone is 2. The van der Waals surface area contributed by atoms with Crippen LogP contribution >= 0.6 is 0 Å². The average Bonchev–Trinajstić information content (AvgIpc) is 2.92. The first kappa shape index (κ1) is 16.6. The molecule has 0 N–H and O–H groups in total. The zero-order valence-electron chi connectivity index (χ0n) is 13.9. The topological polar surface area (TPSA) is 49.7 Å². The summed E-state index contributed by atoms with van der Waals surface area (Å²) in [7, 11) is 0. The van der Waals surface area contributed by atoms with Crippen molar-refractivity contribution in [1.82, 2.24) is 5.01 Å². The molecule has 0 fully saturated rings. The molecule has 4 nitrogen and oxygen atoms in total. The van der Waals surface area contributed by atoms with Gasteiger partial charge in [-0.2, -0.15) is 10.1 Å². The lowest BCUT2D eigenvalue weighted by Crippen LogP contribution is -2.30. The van der Waals surface area contributed by atoms with Crippen LogP contribution in [0.3, 0.4) is 0 Å². The maximum atomic E-state index is 12.5. The van der Waals surface area contributed by atoms with Crippen molar-refractivity contribution < 1.29 is 9.59 Å². The molecule has 0 unspecified atom stereocenters. The smallest absolute Gasteiger partial charge is 0.272 e. The maximum Gasteiger partial charge on any atom is 0.283 e. The van der Waals surface area contributed by atoms with Gasteiger partial charge in [-0.05, 0) is 24.1 Å². The van der Waals surface area contributed by atoms with Crippen LogP contribution in [0.1, 0.15) is 18.1 Å². The Morgan fingerprint density at radius 1 is 1.04 bits per heavy atom. The molecular formula is C21H18N2O2. The molecule has 0 aliphatic carbocycles. The highest BCUT2D eigenvalue weighted by atomic mass is 16.2. The SMILES string of the molecule is CC1=NN(C(=O)Cc2ccccc2)C(=O)/C1=C\C=Cc1ccccc1. The second-order valence-corrected chi connectivity index (χ2v) is 5.71. The molecule has 0 bridgehead atoms. The number of hydrogen-bond acceptors (Lipinski definition) is 3.